The van der Waals surface area contributed by atoms with E-state index in [0.29, 0.717) is 11.3 Å². The molecule has 0 radical (unpaired) electrons. The highest BCUT2D eigenvalue weighted by Gasteiger charge is 2.15. The minimum Gasteiger partial charge on any atom is -0.480 e. The number of anilines is 1. The zero-order valence-electron chi connectivity index (χ0n) is 10.8. The number of benzene rings is 1. The molecular formula is C14H13NO5. The Morgan fingerprint density at radius 3 is 2.70 bits per heavy atom. The maximum absolute atomic E-state index is 12.0. The fourth-order valence-corrected chi connectivity index (χ4v) is 1.62. The van der Waals surface area contributed by atoms with E-state index in [9.17, 15) is 9.59 Å². The Kier molecular flexibility index (Phi) is 4.05. The van der Waals surface area contributed by atoms with Gasteiger partial charge in [-0.15, -0.1) is 0 Å². The van der Waals surface area contributed by atoms with Gasteiger partial charge in [0.15, 0.2) is 12.4 Å². The fraction of sp³-hybridized carbons (Fsp3) is 0.143. The summed E-state index contributed by atoms with van der Waals surface area (Å²) in [5.74, 6) is -1.02. The fourth-order valence-electron chi connectivity index (χ4n) is 1.62. The van der Waals surface area contributed by atoms with Crippen LogP contribution >= 0.6 is 0 Å². The predicted molar refractivity (Wildman–Crippen MR) is 71.0 cm³/mol. The molecule has 2 N–H and O–H groups in total. The van der Waals surface area contributed by atoms with Gasteiger partial charge in [0, 0.05) is 5.56 Å². The number of carboxylic acid groups (broad SMARTS) is 1. The molecule has 0 aliphatic heterocycles. The first-order chi connectivity index (χ1) is 9.58. The van der Waals surface area contributed by atoms with Crippen LogP contribution in [0, 0.1) is 6.92 Å². The van der Waals surface area contributed by atoms with Gasteiger partial charge in [0.1, 0.15) is 5.75 Å². The number of hydrogen-bond donors (Lipinski definition) is 2. The van der Waals surface area contributed by atoms with Gasteiger partial charge in [-0.05, 0) is 25.1 Å². The van der Waals surface area contributed by atoms with Gasteiger partial charge in [-0.2, -0.15) is 0 Å². The molecule has 6 heteroatoms. The minimum atomic E-state index is -1.09. The molecule has 0 saturated carbocycles. The standard InChI is InChI=1S/C14H13NO5/c1-9-6-7-19-13(9)14(18)15-10-4-2-3-5-11(10)20-8-12(16)17/h2-7H,8H2,1H3,(H,15,18)(H,16,17). The first-order valence-corrected chi connectivity index (χ1v) is 5.87. The van der Waals surface area contributed by atoms with Gasteiger partial charge in [0.05, 0.1) is 12.0 Å². The molecule has 0 fully saturated rings. The van der Waals surface area contributed by atoms with Crippen LogP contribution in [-0.4, -0.2) is 23.6 Å². The van der Waals surface area contributed by atoms with Crippen molar-refractivity contribution in [3.8, 4) is 5.75 Å². The summed E-state index contributed by atoms with van der Waals surface area (Å²) >= 11 is 0. The average Bonchev–Trinajstić information content (AvgIpc) is 2.84. The Bertz CT molecular complexity index is 632. The van der Waals surface area contributed by atoms with E-state index >= 15 is 0 Å². The van der Waals surface area contributed by atoms with Crippen molar-refractivity contribution in [1.29, 1.82) is 0 Å². The number of carbonyl (C=O) groups is 2. The van der Waals surface area contributed by atoms with Crippen molar-refractivity contribution >= 4 is 17.6 Å². The molecule has 0 atom stereocenters. The highest BCUT2D eigenvalue weighted by Crippen LogP contribution is 2.24. The Labute approximate surface area is 115 Å². The highest BCUT2D eigenvalue weighted by molar-refractivity contribution is 6.04. The van der Waals surface area contributed by atoms with Crippen molar-refractivity contribution in [2.45, 2.75) is 6.92 Å². The summed E-state index contributed by atoms with van der Waals surface area (Å²) in [6.07, 6.45) is 1.43. The number of hydrogen-bond acceptors (Lipinski definition) is 4. The Balaban J connectivity index is 2.15. The molecule has 0 aliphatic rings. The zero-order chi connectivity index (χ0) is 14.5. The summed E-state index contributed by atoms with van der Waals surface area (Å²) in [6.45, 7) is 1.28. The van der Waals surface area contributed by atoms with Crippen molar-refractivity contribution in [1.82, 2.24) is 0 Å². The molecule has 1 heterocycles. The molecule has 0 saturated heterocycles. The van der Waals surface area contributed by atoms with E-state index in [1.807, 2.05) is 0 Å². The number of rotatable bonds is 5. The summed E-state index contributed by atoms with van der Waals surface area (Å²) in [5, 5.41) is 11.2. The molecule has 20 heavy (non-hydrogen) atoms. The number of furan rings is 1. The third-order valence-corrected chi connectivity index (χ3v) is 2.55. The first-order valence-electron chi connectivity index (χ1n) is 5.87. The number of carbonyl (C=O) groups excluding carboxylic acids is 1. The SMILES string of the molecule is Cc1ccoc1C(=O)Nc1ccccc1OCC(=O)O. The number of carboxylic acids is 1. The van der Waals surface area contributed by atoms with E-state index in [2.05, 4.69) is 5.32 Å². The van der Waals surface area contributed by atoms with Gasteiger partial charge < -0.3 is 19.6 Å². The van der Waals surface area contributed by atoms with Crippen LogP contribution in [0.15, 0.2) is 41.0 Å². The summed E-state index contributed by atoms with van der Waals surface area (Å²) < 4.78 is 10.2. The maximum atomic E-state index is 12.0. The number of aryl methyl sites for hydroxylation is 1. The first kappa shape index (κ1) is 13.7. The number of para-hydroxylation sites is 2. The molecule has 0 spiro atoms. The van der Waals surface area contributed by atoms with Crippen molar-refractivity contribution in [3.05, 3.63) is 47.9 Å². The number of nitrogens with one attached hydrogen (secondary N) is 1. The Morgan fingerprint density at radius 1 is 1.30 bits per heavy atom. The Hall–Kier alpha value is -2.76. The summed E-state index contributed by atoms with van der Waals surface area (Å²) in [7, 11) is 0. The van der Waals surface area contributed by atoms with Crippen LogP contribution < -0.4 is 10.1 Å². The molecular weight excluding hydrogens is 262 g/mol. The van der Waals surface area contributed by atoms with Crippen LogP contribution in [0.1, 0.15) is 16.1 Å². The van der Waals surface area contributed by atoms with Gasteiger partial charge >= 0.3 is 5.97 Å². The van der Waals surface area contributed by atoms with E-state index in [1.165, 1.54) is 6.26 Å². The molecule has 0 bridgehead atoms. The summed E-state index contributed by atoms with van der Waals surface area (Å²) in [4.78, 5) is 22.5. The third-order valence-electron chi connectivity index (χ3n) is 2.55. The van der Waals surface area contributed by atoms with E-state index < -0.39 is 18.5 Å². The minimum absolute atomic E-state index is 0.207. The number of aliphatic carboxylic acids is 1. The molecule has 1 amide bonds. The normalized spacial score (nSPS) is 10.1. The monoisotopic (exact) mass is 275 g/mol. The van der Waals surface area contributed by atoms with Gasteiger partial charge in [0.2, 0.25) is 0 Å². The Morgan fingerprint density at radius 2 is 2.05 bits per heavy atom. The van der Waals surface area contributed by atoms with Crippen molar-refractivity contribution < 1.29 is 23.8 Å². The van der Waals surface area contributed by atoms with Crippen LogP contribution in [0.3, 0.4) is 0 Å². The molecule has 1 aromatic heterocycles. The zero-order valence-corrected chi connectivity index (χ0v) is 10.8. The van der Waals surface area contributed by atoms with Crippen LogP contribution in [0.5, 0.6) is 5.75 Å². The van der Waals surface area contributed by atoms with Crippen LogP contribution in [-0.2, 0) is 4.79 Å². The van der Waals surface area contributed by atoms with E-state index in [4.69, 9.17) is 14.3 Å². The number of ether oxygens (including phenoxy) is 1. The quantitative estimate of drug-likeness (QED) is 0.874. The van der Waals surface area contributed by atoms with Crippen LogP contribution in [0.2, 0.25) is 0 Å². The molecule has 0 aliphatic carbocycles. The van der Waals surface area contributed by atoms with Gasteiger partial charge in [-0.25, -0.2) is 4.79 Å². The van der Waals surface area contributed by atoms with Crippen molar-refractivity contribution in [3.63, 3.8) is 0 Å². The molecule has 6 nitrogen and oxygen atoms in total. The second-order valence-corrected chi connectivity index (χ2v) is 4.07. The predicted octanol–water partition coefficient (Wildman–Crippen LogP) is 2.30. The maximum Gasteiger partial charge on any atom is 0.341 e. The molecule has 104 valence electrons. The molecule has 0 unspecified atom stereocenters. The lowest BCUT2D eigenvalue weighted by molar-refractivity contribution is -0.139. The molecule has 1 aromatic carbocycles. The second-order valence-electron chi connectivity index (χ2n) is 4.07. The molecule has 2 aromatic rings. The van der Waals surface area contributed by atoms with Crippen LogP contribution in [0.4, 0.5) is 5.69 Å². The van der Waals surface area contributed by atoms with Crippen molar-refractivity contribution in [2.24, 2.45) is 0 Å². The summed E-state index contributed by atoms with van der Waals surface area (Å²) in [6, 6.07) is 8.27. The van der Waals surface area contributed by atoms with E-state index in [0.717, 1.165) is 0 Å². The third kappa shape index (κ3) is 3.17. The highest BCUT2D eigenvalue weighted by atomic mass is 16.5. The largest absolute Gasteiger partial charge is 0.480 e. The molecule has 2 rings (SSSR count). The van der Waals surface area contributed by atoms with Gasteiger partial charge in [-0.3, -0.25) is 4.79 Å². The topological polar surface area (TPSA) is 88.8 Å². The number of amides is 1. The summed E-state index contributed by atoms with van der Waals surface area (Å²) in [5.41, 5.74) is 1.10. The average molecular weight is 275 g/mol. The van der Waals surface area contributed by atoms with Gasteiger partial charge in [-0.1, -0.05) is 12.1 Å². The lowest BCUT2D eigenvalue weighted by atomic mass is 10.2. The second kappa shape index (κ2) is 5.92. The lowest BCUT2D eigenvalue weighted by Crippen LogP contribution is -2.15. The van der Waals surface area contributed by atoms with Gasteiger partial charge in [0.25, 0.3) is 5.91 Å². The van der Waals surface area contributed by atoms with Crippen LogP contribution in [0.25, 0.3) is 0 Å². The lowest BCUT2D eigenvalue weighted by Gasteiger charge is -2.10. The van der Waals surface area contributed by atoms with Crippen molar-refractivity contribution in [2.75, 3.05) is 11.9 Å². The van der Waals surface area contributed by atoms with E-state index in [-0.39, 0.29) is 11.5 Å². The smallest absolute Gasteiger partial charge is 0.341 e. The van der Waals surface area contributed by atoms with E-state index in [1.54, 1.807) is 37.3 Å².